The fraction of sp³-hybridized carbons (Fsp3) is 0.545. The van der Waals surface area contributed by atoms with Crippen molar-refractivity contribution in [2.75, 3.05) is 18.8 Å². The molecule has 0 aliphatic carbocycles. The number of nitrogens with one attached hydrogen (secondary N) is 1. The van der Waals surface area contributed by atoms with Crippen molar-refractivity contribution >= 4 is 11.7 Å². The van der Waals surface area contributed by atoms with Crippen LogP contribution in [0.2, 0.25) is 0 Å². The molecule has 1 aromatic heterocycles. The molecule has 1 fully saturated rings. The normalized spacial score (nSPS) is 24.7. The predicted octanol–water partition coefficient (Wildman–Crippen LogP) is -0.119. The molecule has 1 aromatic rings. The molecule has 1 saturated heterocycles. The van der Waals surface area contributed by atoms with E-state index in [1.165, 1.54) is 12.4 Å². The van der Waals surface area contributed by atoms with E-state index < -0.39 is 0 Å². The van der Waals surface area contributed by atoms with Gasteiger partial charge in [0.25, 0.3) is 5.91 Å². The molecule has 3 N–H and O–H groups in total. The van der Waals surface area contributed by atoms with Gasteiger partial charge in [0.05, 0.1) is 0 Å². The second-order valence-corrected chi connectivity index (χ2v) is 4.27. The number of hydrogen-bond donors (Lipinski definition) is 2. The summed E-state index contributed by atoms with van der Waals surface area (Å²) in [5.74, 6) is 0.0485. The molecule has 17 heavy (non-hydrogen) atoms. The maximum atomic E-state index is 12.3. The van der Waals surface area contributed by atoms with Crippen LogP contribution in [0.4, 0.5) is 5.82 Å². The van der Waals surface area contributed by atoms with E-state index in [2.05, 4.69) is 22.2 Å². The Balaban J connectivity index is 2.23. The Morgan fingerprint density at radius 3 is 2.88 bits per heavy atom. The molecule has 2 atom stereocenters. The largest absolute Gasteiger partial charge is 0.382 e. The number of hydrogen-bond acceptors (Lipinski definition) is 5. The van der Waals surface area contributed by atoms with Crippen LogP contribution in [0.3, 0.4) is 0 Å². The van der Waals surface area contributed by atoms with Gasteiger partial charge >= 0.3 is 0 Å². The number of aromatic nitrogens is 2. The van der Waals surface area contributed by atoms with Gasteiger partial charge in [-0.25, -0.2) is 9.97 Å². The van der Waals surface area contributed by atoms with Crippen molar-refractivity contribution in [1.82, 2.24) is 20.2 Å². The molecule has 1 aliphatic heterocycles. The highest BCUT2D eigenvalue weighted by molar-refractivity contribution is 5.96. The molecular formula is C11H17N5O. The number of amides is 1. The number of carbonyl (C=O) groups is 1. The average Bonchev–Trinajstić information content (AvgIpc) is 2.32. The number of nitrogen functional groups attached to an aromatic ring is 1. The molecule has 6 nitrogen and oxygen atoms in total. The molecule has 2 rings (SSSR count). The SMILES string of the molecule is CC1NCCN(C(=O)c2nccnc2N)C1C. The van der Waals surface area contributed by atoms with Gasteiger partial charge in [-0.05, 0) is 13.8 Å². The van der Waals surface area contributed by atoms with Crippen molar-refractivity contribution in [3.05, 3.63) is 18.1 Å². The van der Waals surface area contributed by atoms with Crippen LogP contribution >= 0.6 is 0 Å². The molecule has 1 amide bonds. The van der Waals surface area contributed by atoms with E-state index >= 15 is 0 Å². The molecule has 6 heteroatoms. The Labute approximate surface area is 100 Å². The van der Waals surface area contributed by atoms with Crippen molar-refractivity contribution in [2.24, 2.45) is 0 Å². The van der Waals surface area contributed by atoms with Gasteiger partial charge in [-0.1, -0.05) is 0 Å². The summed E-state index contributed by atoms with van der Waals surface area (Å²) in [5, 5.41) is 3.32. The zero-order chi connectivity index (χ0) is 12.4. The lowest BCUT2D eigenvalue weighted by molar-refractivity contribution is 0.0597. The van der Waals surface area contributed by atoms with Crippen molar-refractivity contribution in [3.63, 3.8) is 0 Å². The van der Waals surface area contributed by atoms with Crippen LogP contribution in [0.1, 0.15) is 24.3 Å². The summed E-state index contributed by atoms with van der Waals surface area (Å²) < 4.78 is 0. The maximum absolute atomic E-state index is 12.3. The number of anilines is 1. The highest BCUT2D eigenvalue weighted by Gasteiger charge is 2.30. The van der Waals surface area contributed by atoms with Crippen molar-refractivity contribution in [3.8, 4) is 0 Å². The van der Waals surface area contributed by atoms with E-state index in [1.807, 2.05) is 6.92 Å². The lowest BCUT2D eigenvalue weighted by Gasteiger charge is -2.38. The van der Waals surface area contributed by atoms with Crippen LogP contribution in [-0.2, 0) is 0 Å². The van der Waals surface area contributed by atoms with E-state index in [-0.39, 0.29) is 29.5 Å². The third-order valence-electron chi connectivity index (χ3n) is 3.22. The van der Waals surface area contributed by atoms with E-state index in [0.717, 1.165) is 6.54 Å². The van der Waals surface area contributed by atoms with Crippen molar-refractivity contribution in [2.45, 2.75) is 25.9 Å². The van der Waals surface area contributed by atoms with E-state index in [1.54, 1.807) is 4.90 Å². The van der Waals surface area contributed by atoms with Crippen LogP contribution < -0.4 is 11.1 Å². The van der Waals surface area contributed by atoms with Gasteiger partial charge in [0.2, 0.25) is 0 Å². The first-order valence-electron chi connectivity index (χ1n) is 5.72. The van der Waals surface area contributed by atoms with E-state index in [0.29, 0.717) is 6.54 Å². The topological polar surface area (TPSA) is 84.1 Å². The lowest BCUT2D eigenvalue weighted by atomic mass is 10.1. The van der Waals surface area contributed by atoms with E-state index in [9.17, 15) is 4.79 Å². The standard InChI is InChI=1S/C11H17N5O/c1-7-8(2)16(6-5-13-7)11(17)9-10(12)15-4-3-14-9/h3-4,7-8,13H,5-6H2,1-2H3,(H2,12,15). The van der Waals surface area contributed by atoms with Gasteiger partial charge in [-0.2, -0.15) is 0 Å². The Hall–Kier alpha value is -1.69. The van der Waals surface area contributed by atoms with Gasteiger partial charge in [0.15, 0.2) is 11.5 Å². The maximum Gasteiger partial charge on any atom is 0.276 e. The highest BCUT2D eigenvalue weighted by atomic mass is 16.2. The highest BCUT2D eigenvalue weighted by Crippen LogP contribution is 2.14. The molecule has 92 valence electrons. The van der Waals surface area contributed by atoms with Crippen LogP contribution in [0.25, 0.3) is 0 Å². The van der Waals surface area contributed by atoms with Gasteiger partial charge in [0.1, 0.15) is 0 Å². The third-order valence-corrected chi connectivity index (χ3v) is 3.22. The number of carbonyl (C=O) groups excluding carboxylic acids is 1. The van der Waals surface area contributed by atoms with Crippen LogP contribution in [0, 0.1) is 0 Å². The minimum atomic E-state index is -0.142. The summed E-state index contributed by atoms with van der Waals surface area (Å²) in [6.45, 7) is 5.53. The van der Waals surface area contributed by atoms with Gasteiger partial charge < -0.3 is 16.0 Å². The molecule has 0 aromatic carbocycles. The average molecular weight is 235 g/mol. The minimum absolute atomic E-state index is 0.123. The molecule has 0 radical (unpaired) electrons. The zero-order valence-electron chi connectivity index (χ0n) is 10.1. The molecular weight excluding hydrogens is 218 g/mol. The van der Waals surface area contributed by atoms with Crippen LogP contribution in [-0.4, -0.2) is 45.9 Å². The van der Waals surface area contributed by atoms with Crippen molar-refractivity contribution in [1.29, 1.82) is 0 Å². The fourth-order valence-corrected chi connectivity index (χ4v) is 1.99. The molecule has 0 saturated carbocycles. The molecule has 1 aliphatic rings. The zero-order valence-corrected chi connectivity index (χ0v) is 10.1. The quantitative estimate of drug-likeness (QED) is 0.709. The van der Waals surface area contributed by atoms with Crippen molar-refractivity contribution < 1.29 is 4.79 Å². The monoisotopic (exact) mass is 235 g/mol. The Kier molecular flexibility index (Phi) is 3.23. The summed E-state index contributed by atoms with van der Waals surface area (Å²) in [7, 11) is 0. The Morgan fingerprint density at radius 2 is 2.18 bits per heavy atom. The van der Waals surface area contributed by atoms with Crippen LogP contribution in [0.5, 0.6) is 0 Å². The third kappa shape index (κ3) is 2.21. The first kappa shape index (κ1) is 11.8. The number of rotatable bonds is 1. The summed E-state index contributed by atoms with van der Waals surface area (Å²) in [6, 6.07) is 0.392. The van der Waals surface area contributed by atoms with Gasteiger partial charge in [0, 0.05) is 37.6 Å². The fourth-order valence-electron chi connectivity index (χ4n) is 1.99. The summed E-state index contributed by atoms with van der Waals surface area (Å²) in [4.78, 5) is 22.0. The summed E-state index contributed by atoms with van der Waals surface area (Å²) in [6.07, 6.45) is 2.97. The molecule has 0 spiro atoms. The van der Waals surface area contributed by atoms with Crippen LogP contribution in [0.15, 0.2) is 12.4 Å². The molecule has 2 unspecified atom stereocenters. The van der Waals surface area contributed by atoms with Gasteiger partial charge in [-0.15, -0.1) is 0 Å². The summed E-state index contributed by atoms with van der Waals surface area (Å²) >= 11 is 0. The number of piperazine rings is 1. The smallest absolute Gasteiger partial charge is 0.276 e. The second kappa shape index (κ2) is 4.67. The second-order valence-electron chi connectivity index (χ2n) is 4.27. The molecule has 0 bridgehead atoms. The minimum Gasteiger partial charge on any atom is -0.382 e. The lowest BCUT2D eigenvalue weighted by Crippen LogP contribution is -2.57. The first-order chi connectivity index (χ1) is 8.11. The molecule has 2 heterocycles. The Bertz CT molecular complexity index is 422. The number of nitrogens with two attached hydrogens (primary N) is 1. The summed E-state index contributed by atoms with van der Waals surface area (Å²) in [5.41, 5.74) is 5.92. The first-order valence-corrected chi connectivity index (χ1v) is 5.72. The Morgan fingerprint density at radius 1 is 1.47 bits per heavy atom. The van der Waals surface area contributed by atoms with E-state index in [4.69, 9.17) is 5.73 Å². The number of nitrogens with zero attached hydrogens (tertiary/aromatic N) is 3. The predicted molar refractivity (Wildman–Crippen MR) is 64.4 cm³/mol. The van der Waals surface area contributed by atoms with Gasteiger partial charge in [-0.3, -0.25) is 4.79 Å².